The molecule has 0 radical (unpaired) electrons. The maximum absolute atomic E-state index is 12.6. The van der Waals surface area contributed by atoms with E-state index in [9.17, 15) is 4.79 Å². The molecule has 2 bridgehead atoms. The third kappa shape index (κ3) is 2.13. The smallest absolute Gasteiger partial charge is 0.223 e. The van der Waals surface area contributed by atoms with E-state index >= 15 is 0 Å². The van der Waals surface area contributed by atoms with Crippen molar-refractivity contribution in [2.24, 2.45) is 0 Å². The van der Waals surface area contributed by atoms with Gasteiger partial charge in [-0.1, -0.05) is 6.92 Å². The van der Waals surface area contributed by atoms with Gasteiger partial charge in [0.05, 0.1) is 18.0 Å². The van der Waals surface area contributed by atoms with E-state index in [0.717, 1.165) is 48.3 Å². The summed E-state index contributed by atoms with van der Waals surface area (Å²) >= 11 is 0. The van der Waals surface area contributed by atoms with Crippen molar-refractivity contribution < 1.29 is 9.21 Å². The molecule has 6 heteroatoms. The summed E-state index contributed by atoms with van der Waals surface area (Å²) in [5.74, 6) is 1.02. The average Bonchev–Trinajstić information content (AvgIpc) is 3.32. The van der Waals surface area contributed by atoms with Crippen LogP contribution in [-0.2, 0) is 11.2 Å². The molecule has 1 fully saturated rings. The predicted molar refractivity (Wildman–Crippen MR) is 91.9 cm³/mol. The van der Waals surface area contributed by atoms with Gasteiger partial charge in [-0.3, -0.25) is 4.79 Å². The van der Waals surface area contributed by atoms with E-state index in [-0.39, 0.29) is 11.9 Å². The van der Waals surface area contributed by atoms with E-state index in [2.05, 4.69) is 16.8 Å². The van der Waals surface area contributed by atoms with Crippen molar-refractivity contribution in [3.63, 3.8) is 0 Å². The Morgan fingerprint density at radius 2 is 2.32 bits per heavy atom. The molecule has 2 aliphatic heterocycles. The molecule has 25 heavy (non-hydrogen) atoms. The van der Waals surface area contributed by atoms with Gasteiger partial charge in [-0.15, -0.1) is 0 Å². The summed E-state index contributed by atoms with van der Waals surface area (Å²) in [4.78, 5) is 19.3. The maximum Gasteiger partial charge on any atom is 0.223 e. The summed E-state index contributed by atoms with van der Waals surface area (Å²) < 4.78 is 7.41. The summed E-state index contributed by atoms with van der Waals surface area (Å²) in [6.07, 6.45) is 8.04. The zero-order valence-corrected chi connectivity index (χ0v) is 14.2. The van der Waals surface area contributed by atoms with Crippen molar-refractivity contribution in [1.29, 1.82) is 0 Å². The number of aromatic nitrogens is 3. The van der Waals surface area contributed by atoms with Gasteiger partial charge in [0.2, 0.25) is 5.91 Å². The normalized spacial score (nSPS) is 21.7. The lowest BCUT2D eigenvalue weighted by molar-refractivity contribution is -0.134. The highest BCUT2D eigenvalue weighted by Crippen LogP contribution is 2.44. The molecule has 0 aromatic carbocycles. The molecule has 0 spiro atoms. The zero-order chi connectivity index (χ0) is 17.0. The van der Waals surface area contributed by atoms with Gasteiger partial charge in [-0.2, -0.15) is 5.10 Å². The summed E-state index contributed by atoms with van der Waals surface area (Å²) in [6, 6.07) is 6.16. The van der Waals surface area contributed by atoms with E-state index in [4.69, 9.17) is 9.52 Å². The number of carbonyl (C=O) groups is 1. The van der Waals surface area contributed by atoms with Gasteiger partial charge in [-0.25, -0.2) is 9.50 Å². The quantitative estimate of drug-likeness (QED) is 0.735. The van der Waals surface area contributed by atoms with Crippen molar-refractivity contribution in [3.8, 4) is 11.5 Å². The lowest BCUT2D eigenvalue weighted by atomic mass is 9.98. The molecule has 3 aromatic heterocycles. The first-order valence-electron chi connectivity index (χ1n) is 8.99. The highest BCUT2D eigenvalue weighted by molar-refractivity contribution is 5.78. The molecular weight excluding hydrogens is 316 g/mol. The lowest BCUT2D eigenvalue weighted by Gasteiger charge is -2.36. The van der Waals surface area contributed by atoms with Crippen LogP contribution in [-0.4, -0.2) is 31.4 Å². The van der Waals surface area contributed by atoms with Crippen LogP contribution in [0, 0.1) is 0 Å². The highest BCUT2D eigenvalue weighted by Gasteiger charge is 2.43. The largest absolute Gasteiger partial charge is 0.463 e. The number of rotatable bonds is 3. The summed E-state index contributed by atoms with van der Waals surface area (Å²) in [7, 11) is 0. The van der Waals surface area contributed by atoms with E-state index in [1.807, 2.05) is 28.9 Å². The Kier molecular flexibility index (Phi) is 3.20. The first-order chi connectivity index (χ1) is 12.3. The van der Waals surface area contributed by atoms with Crippen LogP contribution >= 0.6 is 0 Å². The first kappa shape index (κ1) is 14.7. The average molecular weight is 336 g/mol. The minimum atomic E-state index is 0.154. The molecule has 128 valence electrons. The minimum absolute atomic E-state index is 0.154. The summed E-state index contributed by atoms with van der Waals surface area (Å²) in [5.41, 5.74) is 3.97. The predicted octanol–water partition coefficient (Wildman–Crippen LogP) is 3.38. The molecule has 3 aromatic rings. The van der Waals surface area contributed by atoms with E-state index in [0.29, 0.717) is 12.5 Å². The second kappa shape index (κ2) is 5.44. The Balaban J connectivity index is 1.60. The van der Waals surface area contributed by atoms with Crippen LogP contribution < -0.4 is 0 Å². The topological polar surface area (TPSA) is 63.6 Å². The lowest BCUT2D eigenvalue weighted by Crippen LogP contribution is -2.42. The molecule has 5 heterocycles. The number of fused-ring (bicyclic) bond motifs is 6. The standard InChI is InChI=1S/C19H20N4O2/c1-2-4-19(24)22-12-6-7-15(22)13-11-20-18-10-14(17-5-3-8-25-17)21-23(18)16(13)9-12/h3,5,8,10-12,15H,2,4,6-7,9H2,1H3/t12-,15-/m1/s1. The van der Waals surface area contributed by atoms with Crippen molar-refractivity contribution in [3.05, 3.63) is 41.9 Å². The van der Waals surface area contributed by atoms with E-state index < -0.39 is 0 Å². The van der Waals surface area contributed by atoms with Crippen LogP contribution in [0.4, 0.5) is 0 Å². The molecule has 0 N–H and O–H groups in total. The van der Waals surface area contributed by atoms with E-state index in [1.54, 1.807) is 6.26 Å². The Morgan fingerprint density at radius 1 is 1.40 bits per heavy atom. The zero-order valence-electron chi connectivity index (χ0n) is 14.2. The Morgan fingerprint density at radius 3 is 3.12 bits per heavy atom. The number of hydrogen-bond donors (Lipinski definition) is 0. The highest BCUT2D eigenvalue weighted by atomic mass is 16.3. The molecule has 1 saturated heterocycles. The van der Waals surface area contributed by atoms with Crippen molar-refractivity contribution in [1.82, 2.24) is 19.5 Å². The number of amides is 1. The van der Waals surface area contributed by atoms with Gasteiger partial charge in [0.25, 0.3) is 0 Å². The molecule has 0 saturated carbocycles. The van der Waals surface area contributed by atoms with Crippen molar-refractivity contribution in [2.75, 3.05) is 0 Å². The van der Waals surface area contributed by atoms with Gasteiger partial charge in [0.1, 0.15) is 5.69 Å². The van der Waals surface area contributed by atoms with Crippen LogP contribution in [0.25, 0.3) is 17.1 Å². The Hall–Kier alpha value is -2.63. The minimum Gasteiger partial charge on any atom is -0.463 e. The third-order valence-electron chi connectivity index (χ3n) is 5.43. The van der Waals surface area contributed by atoms with Gasteiger partial charge in [-0.05, 0) is 31.4 Å². The second-order valence-corrected chi connectivity index (χ2v) is 6.94. The van der Waals surface area contributed by atoms with Crippen molar-refractivity contribution in [2.45, 2.75) is 51.1 Å². The fourth-order valence-corrected chi connectivity index (χ4v) is 4.35. The molecule has 0 aliphatic carbocycles. The number of furan rings is 1. The van der Waals surface area contributed by atoms with Gasteiger partial charge >= 0.3 is 0 Å². The fourth-order valence-electron chi connectivity index (χ4n) is 4.35. The van der Waals surface area contributed by atoms with Gasteiger partial charge < -0.3 is 9.32 Å². The molecular formula is C19H20N4O2. The monoisotopic (exact) mass is 336 g/mol. The molecule has 0 unspecified atom stereocenters. The Bertz CT molecular complexity index is 944. The summed E-state index contributed by atoms with van der Waals surface area (Å²) in [6.45, 7) is 2.06. The van der Waals surface area contributed by atoms with Crippen LogP contribution in [0.1, 0.15) is 49.9 Å². The molecule has 5 rings (SSSR count). The number of hydrogen-bond acceptors (Lipinski definition) is 4. The number of carbonyl (C=O) groups excluding carboxylic acids is 1. The molecule has 1 amide bonds. The number of nitrogens with zero attached hydrogens (tertiary/aromatic N) is 4. The maximum atomic E-state index is 12.6. The van der Waals surface area contributed by atoms with Crippen molar-refractivity contribution >= 4 is 11.6 Å². The van der Waals surface area contributed by atoms with Crippen LogP contribution in [0.15, 0.2) is 35.1 Å². The molecule has 2 atom stereocenters. The summed E-state index contributed by atoms with van der Waals surface area (Å²) in [5, 5.41) is 4.73. The first-order valence-corrected chi connectivity index (χ1v) is 8.99. The third-order valence-corrected chi connectivity index (χ3v) is 5.43. The second-order valence-electron chi connectivity index (χ2n) is 6.94. The van der Waals surface area contributed by atoms with E-state index in [1.165, 1.54) is 5.69 Å². The molecule has 6 nitrogen and oxygen atoms in total. The van der Waals surface area contributed by atoms with Crippen LogP contribution in [0.5, 0.6) is 0 Å². The van der Waals surface area contributed by atoms with Gasteiger partial charge in [0, 0.05) is 36.7 Å². The SMILES string of the molecule is CCCC(=O)N1[C@@H]2CC[C@@H]1c1cnc3cc(-c4ccco4)nn3c1C2. The fraction of sp³-hybridized carbons (Fsp3) is 0.421. The van der Waals surface area contributed by atoms with Crippen LogP contribution in [0.3, 0.4) is 0 Å². The van der Waals surface area contributed by atoms with Gasteiger partial charge in [0.15, 0.2) is 11.4 Å². The van der Waals surface area contributed by atoms with Crippen LogP contribution in [0.2, 0.25) is 0 Å². The Labute approximate surface area is 145 Å². The molecule has 2 aliphatic rings.